The zero-order valence-corrected chi connectivity index (χ0v) is 26.0. The Labute approximate surface area is 185 Å². The van der Waals surface area contributed by atoms with Crippen LogP contribution in [0.15, 0.2) is 0 Å². The van der Waals surface area contributed by atoms with Gasteiger partial charge in [-0.3, -0.25) is 0 Å². The largest absolute Gasteiger partial charge is 0.400 e. The van der Waals surface area contributed by atoms with Crippen molar-refractivity contribution in [1.82, 2.24) is 0 Å². The molecule has 0 aliphatic heterocycles. The first kappa shape index (κ1) is 29.8. The van der Waals surface area contributed by atoms with Gasteiger partial charge in [-0.2, -0.15) is 0 Å². The summed E-state index contributed by atoms with van der Waals surface area (Å²) in [5.74, 6) is 0. The van der Waals surface area contributed by atoms with Gasteiger partial charge < -0.3 is 35.4 Å². The summed E-state index contributed by atoms with van der Waals surface area (Å²) in [5.41, 5.74) is 0. The average Bonchev–Trinajstić information content (AvgIpc) is 2.72. The maximum Gasteiger partial charge on any atom is 0.321 e. The molecule has 0 rings (SSSR count). The van der Waals surface area contributed by atoms with Crippen LogP contribution in [0.4, 0.5) is 0 Å². The fourth-order valence-corrected chi connectivity index (χ4v) is 40.2. The summed E-state index contributed by atoms with van der Waals surface area (Å²) in [6.45, 7) is 9.13. The molecule has 0 N–H and O–H groups in total. The van der Waals surface area contributed by atoms with Crippen LogP contribution in [0.3, 0.4) is 0 Å². The highest BCUT2D eigenvalue weighted by atomic mass is 28.4. The zero-order chi connectivity index (χ0) is 22.8. The van der Waals surface area contributed by atoms with Gasteiger partial charge in [0.15, 0.2) is 0 Å². The minimum atomic E-state index is -2.38. The molecule has 0 saturated carbocycles. The summed E-state index contributed by atoms with van der Waals surface area (Å²) in [4.78, 5) is 0. The van der Waals surface area contributed by atoms with E-state index >= 15 is 0 Å². The first-order valence-electron chi connectivity index (χ1n) is 9.95. The lowest BCUT2D eigenvalue weighted by molar-refractivity contribution is 0.260. The van der Waals surface area contributed by atoms with Gasteiger partial charge in [-0.1, -0.05) is 27.7 Å². The molecule has 4 unspecified atom stereocenters. The Balaban J connectivity index is 6.90. The molecular formula is C16H44O8Si5. The molecule has 13 heteroatoms. The van der Waals surface area contributed by atoms with Crippen LogP contribution in [0.25, 0.3) is 0 Å². The number of hydrogen-bond donors (Lipinski definition) is 0. The molecule has 0 aliphatic rings. The molecule has 0 saturated heterocycles. The SMILES string of the molecule is CO[SiH](OC)C(C)[Si](C(C)[SiH](OC)OC)(C(C)[SiH](OC)OC)C(C)[SiH](OC)OC. The molecule has 0 aliphatic carbocycles. The molecule has 0 fully saturated rings. The van der Waals surface area contributed by atoms with Crippen molar-refractivity contribution in [3.05, 3.63) is 0 Å². The monoisotopic (exact) mass is 504 g/mol. The van der Waals surface area contributed by atoms with Gasteiger partial charge in [0.25, 0.3) is 0 Å². The highest BCUT2D eigenvalue weighted by Crippen LogP contribution is 2.53. The van der Waals surface area contributed by atoms with Crippen molar-refractivity contribution in [3.8, 4) is 0 Å². The van der Waals surface area contributed by atoms with Gasteiger partial charge in [0, 0.05) is 56.9 Å². The van der Waals surface area contributed by atoms with Gasteiger partial charge >= 0.3 is 37.1 Å². The molecular weight excluding hydrogens is 461 g/mol. The van der Waals surface area contributed by atoms with E-state index in [1.807, 2.05) is 0 Å². The van der Waals surface area contributed by atoms with E-state index in [1.54, 1.807) is 56.9 Å². The van der Waals surface area contributed by atoms with Gasteiger partial charge in [0.05, 0.1) is 8.07 Å². The standard InChI is InChI=1S/C16H44O8Si5/c1-13(25(17-5)18-6)29(14(2)26(19-7)20-8,15(3)27(21-9)22-10)16(4)28(23-11)24-12/h13-16,25-28H,1-12H3. The van der Waals surface area contributed by atoms with Crippen LogP contribution in [0.1, 0.15) is 27.7 Å². The third-order valence-corrected chi connectivity index (χ3v) is 30.1. The Bertz CT molecular complexity index is 345. The highest BCUT2D eigenvalue weighted by Gasteiger charge is 2.62. The van der Waals surface area contributed by atoms with E-state index in [-0.39, 0.29) is 20.7 Å². The van der Waals surface area contributed by atoms with Gasteiger partial charge in [-0.15, -0.1) is 0 Å². The van der Waals surface area contributed by atoms with E-state index in [0.29, 0.717) is 0 Å². The predicted octanol–water partition coefficient (Wildman–Crippen LogP) is 1.21. The van der Waals surface area contributed by atoms with Crippen LogP contribution in [0, 0.1) is 0 Å². The van der Waals surface area contributed by atoms with Crippen molar-refractivity contribution in [1.29, 1.82) is 0 Å². The Hall–Kier alpha value is 0.764. The number of hydrogen-bond acceptors (Lipinski definition) is 8. The van der Waals surface area contributed by atoms with E-state index in [2.05, 4.69) is 27.7 Å². The second-order valence-electron chi connectivity index (χ2n) is 7.51. The van der Waals surface area contributed by atoms with E-state index in [0.717, 1.165) is 0 Å². The molecule has 0 amide bonds. The summed E-state index contributed by atoms with van der Waals surface area (Å²) in [6.07, 6.45) is 0. The quantitative estimate of drug-likeness (QED) is 0.290. The Morgan fingerprint density at radius 1 is 0.379 bits per heavy atom. The molecule has 0 radical (unpaired) electrons. The van der Waals surface area contributed by atoms with Crippen molar-refractivity contribution >= 4 is 45.2 Å². The van der Waals surface area contributed by atoms with E-state index in [9.17, 15) is 0 Å². The molecule has 0 aromatic rings. The van der Waals surface area contributed by atoms with Gasteiger partial charge in [-0.25, -0.2) is 0 Å². The van der Waals surface area contributed by atoms with Crippen LogP contribution in [0.2, 0.25) is 20.7 Å². The maximum absolute atomic E-state index is 5.91. The van der Waals surface area contributed by atoms with Gasteiger partial charge in [-0.05, 0) is 20.7 Å². The van der Waals surface area contributed by atoms with Crippen LogP contribution in [-0.4, -0.2) is 102 Å². The fraction of sp³-hybridized carbons (Fsp3) is 1.00. The Morgan fingerprint density at radius 3 is 0.621 bits per heavy atom. The van der Waals surface area contributed by atoms with Crippen LogP contribution in [-0.2, 0) is 35.4 Å². The molecule has 0 aromatic heterocycles. The highest BCUT2D eigenvalue weighted by molar-refractivity contribution is 7.06. The summed E-state index contributed by atoms with van der Waals surface area (Å²) >= 11 is 0. The Morgan fingerprint density at radius 2 is 0.517 bits per heavy atom. The summed E-state index contributed by atoms with van der Waals surface area (Å²) in [7, 11) is 3.73. The Kier molecular flexibility index (Phi) is 15.1. The second-order valence-corrected chi connectivity index (χ2v) is 26.5. The molecule has 4 atom stereocenters. The second kappa shape index (κ2) is 14.8. The molecule has 8 nitrogen and oxygen atoms in total. The minimum absolute atomic E-state index is 0.249. The topological polar surface area (TPSA) is 73.8 Å². The normalized spacial score (nSPS) is 19.0. The van der Waals surface area contributed by atoms with Crippen molar-refractivity contribution in [2.24, 2.45) is 0 Å². The smallest absolute Gasteiger partial charge is 0.321 e. The third kappa shape index (κ3) is 6.39. The first-order chi connectivity index (χ1) is 13.7. The van der Waals surface area contributed by atoms with Crippen molar-refractivity contribution < 1.29 is 35.4 Å². The molecule has 0 heterocycles. The average molecular weight is 505 g/mol. The van der Waals surface area contributed by atoms with Crippen molar-refractivity contribution in [3.63, 3.8) is 0 Å². The third-order valence-electron chi connectivity index (χ3n) is 6.65. The van der Waals surface area contributed by atoms with Crippen LogP contribution >= 0.6 is 0 Å². The molecule has 0 spiro atoms. The van der Waals surface area contributed by atoms with Gasteiger partial charge in [0.1, 0.15) is 0 Å². The van der Waals surface area contributed by atoms with E-state index in [1.165, 1.54) is 0 Å². The fourth-order valence-electron chi connectivity index (χ4n) is 5.45. The lowest BCUT2D eigenvalue weighted by Crippen LogP contribution is -2.65. The summed E-state index contributed by atoms with van der Waals surface area (Å²) in [5, 5.41) is 0.994. The lowest BCUT2D eigenvalue weighted by Gasteiger charge is -2.53. The van der Waals surface area contributed by atoms with Crippen LogP contribution < -0.4 is 0 Å². The summed E-state index contributed by atoms with van der Waals surface area (Å²) in [6, 6.07) is 0. The number of rotatable bonds is 16. The predicted molar refractivity (Wildman–Crippen MR) is 128 cm³/mol. The van der Waals surface area contributed by atoms with Crippen molar-refractivity contribution in [2.75, 3.05) is 56.9 Å². The molecule has 29 heavy (non-hydrogen) atoms. The van der Waals surface area contributed by atoms with E-state index < -0.39 is 45.2 Å². The zero-order valence-electron chi connectivity index (χ0n) is 20.4. The molecule has 0 aromatic carbocycles. The molecule has 0 bridgehead atoms. The van der Waals surface area contributed by atoms with Crippen LogP contribution in [0.5, 0.6) is 0 Å². The van der Waals surface area contributed by atoms with Gasteiger partial charge in [0.2, 0.25) is 0 Å². The first-order valence-corrected chi connectivity index (χ1v) is 18.7. The lowest BCUT2D eigenvalue weighted by atomic mass is 10.9. The maximum atomic E-state index is 5.91. The molecule has 176 valence electrons. The minimum Gasteiger partial charge on any atom is -0.400 e. The van der Waals surface area contributed by atoms with Crippen molar-refractivity contribution in [2.45, 2.75) is 48.4 Å². The van der Waals surface area contributed by atoms with E-state index in [4.69, 9.17) is 35.4 Å². The summed E-state index contributed by atoms with van der Waals surface area (Å²) < 4.78 is 47.3.